The van der Waals surface area contributed by atoms with Gasteiger partial charge in [0.1, 0.15) is 22.9 Å². The number of nitrogens with zero attached hydrogens (tertiary/aromatic N) is 6. The number of nitrogens with two attached hydrogens (primary N) is 1. The van der Waals surface area contributed by atoms with Gasteiger partial charge in [-0.3, -0.25) is 14.3 Å². The molecule has 1 aromatic carbocycles. The Morgan fingerprint density at radius 3 is 2.34 bits per heavy atom. The van der Waals surface area contributed by atoms with Crippen molar-refractivity contribution in [3.05, 3.63) is 72.5 Å². The Bertz CT molecular complexity index is 2000. The van der Waals surface area contributed by atoms with Crippen molar-refractivity contribution in [1.29, 1.82) is 5.26 Å². The number of anilines is 2. The maximum Gasteiger partial charge on any atom is 0.410 e. The van der Waals surface area contributed by atoms with E-state index in [0.29, 0.717) is 28.0 Å². The first-order valence-electron chi connectivity index (χ1n) is 14.9. The van der Waals surface area contributed by atoms with Gasteiger partial charge in [0.15, 0.2) is 5.82 Å². The highest BCUT2D eigenvalue weighted by molar-refractivity contribution is 6.38. The summed E-state index contributed by atoms with van der Waals surface area (Å²) >= 11 is 19.3. The smallest absolute Gasteiger partial charge is 0.410 e. The van der Waals surface area contributed by atoms with Crippen LogP contribution in [0, 0.1) is 24.1 Å². The maximum absolute atomic E-state index is 15.6. The van der Waals surface area contributed by atoms with Gasteiger partial charge >= 0.3 is 6.09 Å². The molecule has 47 heavy (non-hydrogen) atoms. The highest BCUT2D eigenvalue weighted by atomic mass is 35.5. The van der Waals surface area contributed by atoms with Gasteiger partial charge < -0.3 is 20.3 Å². The molecule has 10 nitrogen and oxygen atoms in total. The third kappa shape index (κ3) is 6.30. The van der Waals surface area contributed by atoms with E-state index in [2.05, 4.69) is 11.1 Å². The second-order valence-electron chi connectivity index (χ2n) is 12.6. The average Bonchev–Trinajstić information content (AvgIpc) is 2.99. The first kappa shape index (κ1) is 34.2. The number of rotatable bonds is 4. The van der Waals surface area contributed by atoms with Gasteiger partial charge in [-0.2, -0.15) is 5.26 Å². The number of fused-ring (bicyclic) bond motifs is 1. The number of benzene rings is 1. The zero-order valence-electron chi connectivity index (χ0n) is 26.7. The summed E-state index contributed by atoms with van der Waals surface area (Å²) in [6, 6.07) is 6.57. The molecule has 1 amide bonds. The van der Waals surface area contributed by atoms with Crippen molar-refractivity contribution >= 4 is 63.3 Å². The van der Waals surface area contributed by atoms with Crippen molar-refractivity contribution in [3.63, 3.8) is 0 Å². The monoisotopic (exact) mass is 699 g/mol. The van der Waals surface area contributed by atoms with Crippen LogP contribution in [-0.2, 0) is 4.74 Å². The van der Waals surface area contributed by atoms with E-state index in [0.717, 1.165) is 0 Å². The number of nitrogen functional groups attached to an aromatic ring is 1. The first-order chi connectivity index (χ1) is 22.0. The Morgan fingerprint density at radius 2 is 1.74 bits per heavy atom. The molecular weight excluding hydrogens is 668 g/mol. The molecule has 1 saturated heterocycles. The Balaban J connectivity index is 1.83. The molecule has 0 spiro atoms. The van der Waals surface area contributed by atoms with Crippen LogP contribution in [0.4, 0.5) is 20.6 Å². The minimum absolute atomic E-state index is 0.00433. The number of halogens is 4. The fraction of sp³-hybridized carbons (Fsp3) is 0.364. The number of hydrogen-bond donors (Lipinski definition) is 1. The standard InChI is InChI=1S/C33H33Cl3FN7O3/c1-16(2)26-28(17(3)7-8-40-26)44-30-18(13-22(36)27(41-30)23-24(37)20(34)14-21(35)25(23)39)29(19(15-38)31(44)45)42-9-11-43(12-10-42)32(46)47-33(4,5)6/h7-8,13-14,16H,9-12,39H2,1-6H3. The molecule has 0 aliphatic carbocycles. The Morgan fingerprint density at radius 1 is 1.09 bits per heavy atom. The number of pyridine rings is 3. The van der Waals surface area contributed by atoms with Crippen LogP contribution in [0.1, 0.15) is 57.4 Å². The van der Waals surface area contributed by atoms with Crippen LogP contribution in [0.5, 0.6) is 0 Å². The number of amides is 1. The van der Waals surface area contributed by atoms with E-state index >= 15 is 4.39 Å². The molecular formula is C33H33Cl3FN7O3. The van der Waals surface area contributed by atoms with Gasteiger partial charge in [0.05, 0.1) is 49.1 Å². The summed E-state index contributed by atoms with van der Waals surface area (Å²) in [5.41, 5.74) is 6.41. The number of nitriles is 1. The topological polar surface area (TPSA) is 130 Å². The molecule has 2 N–H and O–H groups in total. The van der Waals surface area contributed by atoms with Crippen molar-refractivity contribution in [2.45, 2.75) is 53.1 Å². The summed E-state index contributed by atoms with van der Waals surface area (Å²) in [6.07, 6.45) is 1.19. The van der Waals surface area contributed by atoms with Gasteiger partial charge in [-0.05, 0) is 57.4 Å². The van der Waals surface area contributed by atoms with Crippen molar-refractivity contribution in [2.75, 3.05) is 36.8 Å². The van der Waals surface area contributed by atoms with Crippen LogP contribution < -0.4 is 16.2 Å². The zero-order chi connectivity index (χ0) is 34.5. The SMILES string of the molecule is Cc1ccnc(C(C)C)c1-n1c(=O)c(C#N)c(N2CCN(C(=O)OC(C)(C)C)CC2)c2cc(Cl)c(-c3c(N)c(Cl)cc(Cl)c3F)nc21. The van der Waals surface area contributed by atoms with Crippen LogP contribution in [0.2, 0.25) is 15.1 Å². The van der Waals surface area contributed by atoms with Gasteiger partial charge in [-0.25, -0.2) is 14.2 Å². The molecule has 246 valence electrons. The molecule has 0 radical (unpaired) electrons. The van der Waals surface area contributed by atoms with E-state index in [9.17, 15) is 14.9 Å². The maximum atomic E-state index is 15.6. The summed E-state index contributed by atoms with van der Waals surface area (Å²) in [4.78, 5) is 40.0. The number of hydrogen-bond acceptors (Lipinski definition) is 8. The Labute approximate surface area is 286 Å². The zero-order valence-corrected chi connectivity index (χ0v) is 29.0. The average molecular weight is 701 g/mol. The van der Waals surface area contributed by atoms with Crippen molar-refractivity contribution < 1.29 is 13.9 Å². The van der Waals surface area contributed by atoms with Crippen LogP contribution in [0.25, 0.3) is 28.0 Å². The van der Waals surface area contributed by atoms with E-state index in [-0.39, 0.29) is 75.3 Å². The van der Waals surface area contributed by atoms with Crippen LogP contribution >= 0.6 is 34.8 Å². The Kier molecular flexibility index (Phi) is 9.34. The molecule has 0 atom stereocenters. The number of ether oxygens (including phenoxy) is 1. The first-order valence-corrected chi connectivity index (χ1v) is 16.0. The van der Waals surface area contributed by atoms with Gasteiger partial charge in [-0.15, -0.1) is 0 Å². The number of carbonyl (C=O) groups excluding carboxylic acids is 1. The predicted octanol–water partition coefficient (Wildman–Crippen LogP) is 7.49. The molecule has 3 aromatic heterocycles. The molecule has 1 aliphatic heterocycles. The molecule has 14 heteroatoms. The van der Waals surface area contributed by atoms with Crippen molar-refractivity contribution in [3.8, 4) is 23.0 Å². The van der Waals surface area contributed by atoms with Gasteiger partial charge in [0, 0.05) is 37.8 Å². The lowest BCUT2D eigenvalue weighted by molar-refractivity contribution is 0.0240. The molecule has 4 heterocycles. The van der Waals surface area contributed by atoms with Gasteiger partial charge in [0.25, 0.3) is 5.56 Å². The van der Waals surface area contributed by atoms with E-state index in [4.69, 9.17) is 50.3 Å². The lowest BCUT2D eigenvalue weighted by Crippen LogP contribution is -2.50. The highest BCUT2D eigenvalue weighted by Gasteiger charge is 2.32. The molecule has 1 aliphatic rings. The number of aryl methyl sites for hydroxylation is 1. The van der Waals surface area contributed by atoms with Gasteiger partial charge in [-0.1, -0.05) is 48.7 Å². The minimum Gasteiger partial charge on any atom is -0.444 e. The Hall–Kier alpha value is -4.11. The minimum atomic E-state index is -0.885. The summed E-state index contributed by atoms with van der Waals surface area (Å²) < 4.78 is 22.5. The van der Waals surface area contributed by atoms with Crippen LogP contribution in [-0.4, -0.2) is 57.3 Å². The predicted molar refractivity (Wildman–Crippen MR) is 184 cm³/mol. The lowest BCUT2D eigenvalue weighted by Gasteiger charge is -2.37. The second-order valence-corrected chi connectivity index (χ2v) is 13.8. The molecule has 0 unspecified atom stereocenters. The highest BCUT2D eigenvalue weighted by Crippen LogP contribution is 2.43. The fourth-order valence-electron chi connectivity index (χ4n) is 5.64. The largest absolute Gasteiger partial charge is 0.444 e. The van der Waals surface area contributed by atoms with E-state index in [1.54, 1.807) is 37.9 Å². The summed E-state index contributed by atoms with van der Waals surface area (Å²) in [7, 11) is 0. The molecule has 5 rings (SSSR count). The fourth-order valence-corrected chi connectivity index (χ4v) is 6.35. The third-order valence-corrected chi connectivity index (χ3v) is 8.68. The third-order valence-electron chi connectivity index (χ3n) is 7.81. The molecule has 0 saturated carbocycles. The molecule has 4 aromatic rings. The van der Waals surface area contributed by atoms with Crippen molar-refractivity contribution in [1.82, 2.24) is 19.4 Å². The number of carbonyl (C=O) groups is 1. The quantitative estimate of drug-likeness (QED) is 0.171. The normalized spacial score (nSPS) is 13.7. The number of aromatic nitrogens is 3. The second kappa shape index (κ2) is 12.8. The van der Waals surface area contributed by atoms with E-state index in [1.165, 1.54) is 16.7 Å². The lowest BCUT2D eigenvalue weighted by atomic mass is 10.0. The van der Waals surface area contributed by atoms with E-state index in [1.807, 2.05) is 25.7 Å². The molecule has 0 bridgehead atoms. The van der Waals surface area contributed by atoms with E-state index < -0.39 is 23.1 Å². The summed E-state index contributed by atoms with van der Waals surface area (Å²) in [5.74, 6) is -1.01. The molecule has 1 fully saturated rings. The van der Waals surface area contributed by atoms with Gasteiger partial charge in [0.2, 0.25) is 0 Å². The number of piperazine rings is 1. The summed E-state index contributed by atoms with van der Waals surface area (Å²) in [6.45, 7) is 12.2. The van der Waals surface area contributed by atoms with Crippen LogP contribution in [0.3, 0.4) is 0 Å². The van der Waals surface area contributed by atoms with Crippen LogP contribution in [0.15, 0.2) is 29.2 Å². The summed E-state index contributed by atoms with van der Waals surface area (Å²) in [5, 5.41) is 10.5. The van der Waals surface area contributed by atoms with Crippen molar-refractivity contribution in [2.24, 2.45) is 0 Å².